The lowest BCUT2D eigenvalue weighted by Crippen LogP contribution is -2.21. The number of hydrogen-bond donors (Lipinski definition) is 1. The van der Waals surface area contributed by atoms with Crippen LogP contribution in [-0.2, 0) is 17.6 Å². The van der Waals surface area contributed by atoms with Crippen LogP contribution < -0.4 is 10.1 Å². The van der Waals surface area contributed by atoms with Crippen molar-refractivity contribution in [2.45, 2.75) is 38.5 Å². The van der Waals surface area contributed by atoms with Crippen molar-refractivity contribution in [2.75, 3.05) is 11.9 Å². The quantitative estimate of drug-likeness (QED) is 0.903. The number of aryl methyl sites for hydroxylation is 2. The van der Waals surface area contributed by atoms with E-state index in [1.165, 1.54) is 23.3 Å². The van der Waals surface area contributed by atoms with Crippen molar-refractivity contribution in [3.05, 3.63) is 58.4 Å². The summed E-state index contributed by atoms with van der Waals surface area (Å²) in [6, 6.07) is 8.66. The number of Topliss-reactive ketones (excluding diaryl/α,β-unsaturated/α-hetero) is 1. The number of benzene rings is 2. The molecule has 134 valence electrons. The summed E-state index contributed by atoms with van der Waals surface area (Å²) in [5.41, 5.74) is 4.04. The van der Waals surface area contributed by atoms with Gasteiger partial charge in [-0.3, -0.25) is 9.59 Å². The van der Waals surface area contributed by atoms with Crippen LogP contribution in [0.2, 0.25) is 0 Å². The molecule has 2 aliphatic rings. The third-order valence-corrected chi connectivity index (χ3v) is 5.16. The predicted molar refractivity (Wildman–Crippen MR) is 96.4 cm³/mol. The van der Waals surface area contributed by atoms with E-state index in [4.69, 9.17) is 4.74 Å². The van der Waals surface area contributed by atoms with Crippen LogP contribution in [0.4, 0.5) is 10.1 Å². The highest BCUT2D eigenvalue weighted by molar-refractivity contribution is 6.04. The molecule has 0 fully saturated rings. The molecule has 2 aromatic rings. The summed E-state index contributed by atoms with van der Waals surface area (Å²) in [5, 5.41) is 2.82. The lowest BCUT2D eigenvalue weighted by Gasteiger charge is -2.12. The number of carbonyl (C=O) groups excluding carboxylic acids is 2. The predicted octanol–water partition coefficient (Wildman–Crippen LogP) is 4.02. The number of ketones is 1. The Morgan fingerprint density at radius 3 is 2.88 bits per heavy atom. The molecule has 0 heterocycles. The Labute approximate surface area is 151 Å². The number of halogens is 1. The number of hydrogen-bond acceptors (Lipinski definition) is 3. The van der Waals surface area contributed by atoms with Gasteiger partial charge in [0, 0.05) is 17.7 Å². The molecular formula is C21H20FNO3. The van der Waals surface area contributed by atoms with E-state index in [0.29, 0.717) is 5.56 Å². The maximum absolute atomic E-state index is 14.0. The van der Waals surface area contributed by atoms with E-state index in [1.54, 1.807) is 0 Å². The molecule has 0 aromatic heterocycles. The molecule has 2 aromatic carbocycles. The number of nitrogens with one attached hydrogen (secondary N) is 1. The number of fused-ring (bicyclic) bond motifs is 2. The molecule has 26 heavy (non-hydrogen) atoms. The van der Waals surface area contributed by atoms with Crippen molar-refractivity contribution in [1.29, 1.82) is 0 Å². The minimum atomic E-state index is -0.395. The number of rotatable bonds is 4. The Hall–Kier alpha value is -2.69. The molecule has 0 aliphatic heterocycles. The second kappa shape index (κ2) is 6.56. The van der Waals surface area contributed by atoms with Gasteiger partial charge in [-0.15, -0.1) is 0 Å². The minimum absolute atomic E-state index is 0.138. The van der Waals surface area contributed by atoms with E-state index < -0.39 is 5.82 Å². The van der Waals surface area contributed by atoms with Crippen molar-refractivity contribution < 1.29 is 18.7 Å². The van der Waals surface area contributed by atoms with Crippen molar-refractivity contribution in [3.63, 3.8) is 0 Å². The molecule has 0 unspecified atom stereocenters. The maximum Gasteiger partial charge on any atom is 0.262 e. The first-order chi connectivity index (χ1) is 12.5. The Bertz CT molecular complexity index is 906. The average molecular weight is 353 g/mol. The van der Waals surface area contributed by atoms with Crippen molar-refractivity contribution >= 4 is 17.4 Å². The molecular weight excluding hydrogens is 333 g/mol. The third kappa shape index (κ3) is 2.98. The van der Waals surface area contributed by atoms with Gasteiger partial charge < -0.3 is 10.1 Å². The summed E-state index contributed by atoms with van der Waals surface area (Å²) < 4.78 is 19.6. The summed E-state index contributed by atoms with van der Waals surface area (Å²) in [6.07, 6.45) is 3.55. The van der Waals surface area contributed by atoms with E-state index in [2.05, 4.69) is 5.32 Å². The highest BCUT2D eigenvalue weighted by atomic mass is 19.1. The van der Waals surface area contributed by atoms with Gasteiger partial charge in [-0.2, -0.15) is 0 Å². The molecule has 2 aliphatic carbocycles. The number of anilines is 1. The molecule has 0 bridgehead atoms. The Kier molecular flexibility index (Phi) is 4.23. The van der Waals surface area contributed by atoms with Crippen LogP contribution in [0.5, 0.6) is 5.75 Å². The fraction of sp³-hybridized carbons (Fsp3) is 0.333. The zero-order valence-corrected chi connectivity index (χ0v) is 14.6. The smallest absolute Gasteiger partial charge is 0.262 e. The maximum atomic E-state index is 14.0. The summed E-state index contributed by atoms with van der Waals surface area (Å²) >= 11 is 0. The van der Waals surface area contributed by atoms with Crippen molar-refractivity contribution in [3.8, 4) is 5.75 Å². The first-order valence-corrected chi connectivity index (χ1v) is 8.93. The van der Waals surface area contributed by atoms with E-state index in [0.717, 1.165) is 24.9 Å². The van der Waals surface area contributed by atoms with Crippen LogP contribution >= 0.6 is 0 Å². The van der Waals surface area contributed by atoms with Crippen LogP contribution in [0.15, 0.2) is 30.3 Å². The SMILES string of the molecule is C[C@H]1CC(=O)c2c(OCC(=O)Nc3ccc4c(c3)CCC4)ccc(F)c21. The summed E-state index contributed by atoms with van der Waals surface area (Å²) in [5.74, 6) is -0.727. The Morgan fingerprint density at radius 1 is 1.23 bits per heavy atom. The van der Waals surface area contributed by atoms with Gasteiger partial charge in [0.1, 0.15) is 11.6 Å². The second-order valence-electron chi connectivity index (χ2n) is 7.04. The van der Waals surface area contributed by atoms with Crippen LogP contribution in [0.3, 0.4) is 0 Å². The van der Waals surface area contributed by atoms with E-state index in [9.17, 15) is 14.0 Å². The minimum Gasteiger partial charge on any atom is -0.483 e. The van der Waals surface area contributed by atoms with Gasteiger partial charge in [0.05, 0.1) is 5.56 Å². The van der Waals surface area contributed by atoms with Crippen LogP contribution in [0.1, 0.15) is 52.7 Å². The van der Waals surface area contributed by atoms with Gasteiger partial charge >= 0.3 is 0 Å². The topological polar surface area (TPSA) is 55.4 Å². The lowest BCUT2D eigenvalue weighted by molar-refractivity contribution is -0.118. The monoisotopic (exact) mass is 353 g/mol. The first kappa shape index (κ1) is 16.8. The van der Waals surface area contributed by atoms with E-state index >= 15 is 0 Å². The highest BCUT2D eigenvalue weighted by Crippen LogP contribution is 2.39. The normalized spacial score (nSPS) is 17.8. The van der Waals surface area contributed by atoms with Gasteiger partial charge in [-0.1, -0.05) is 13.0 Å². The van der Waals surface area contributed by atoms with E-state index in [1.807, 2.05) is 25.1 Å². The summed E-state index contributed by atoms with van der Waals surface area (Å²) in [4.78, 5) is 24.3. The van der Waals surface area contributed by atoms with Gasteiger partial charge in [0.25, 0.3) is 5.91 Å². The van der Waals surface area contributed by atoms with Gasteiger partial charge in [0.15, 0.2) is 12.4 Å². The molecule has 1 amide bonds. The van der Waals surface area contributed by atoms with Crippen molar-refractivity contribution in [2.24, 2.45) is 0 Å². The highest BCUT2D eigenvalue weighted by Gasteiger charge is 2.32. The number of amides is 1. The molecule has 0 radical (unpaired) electrons. The molecule has 1 atom stereocenters. The number of carbonyl (C=O) groups is 2. The fourth-order valence-corrected chi connectivity index (χ4v) is 3.94. The molecule has 0 saturated heterocycles. The van der Waals surface area contributed by atoms with Gasteiger partial charge in [-0.05, 0) is 60.6 Å². The average Bonchev–Trinajstić information content (AvgIpc) is 3.19. The fourth-order valence-electron chi connectivity index (χ4n) is 3.94. The van der Waals surface area contributed by atoms with Crippen LogP contribution in [0.25, 0.3) is 0 Å². The standard InChI is InChI=1S/C21H20FNO3/c1-12-9-17(24)21-18(8-7-16(22)20(12)21)26-11-19(25)23-15-6-5-13-3-2-4-14(13)10-15/h5-8,10,12H,2-4,9,11H2,1H3,(H,23,25)/t12-/m0/s1. The molecule has 1 N–H and O–H groups in total. The zero-order chi connectivity index (χ0) is 18.3. The molecule has 5 heteroatoms. The first-order valence-electron chi connectivity index (χ1n) is 8.93. The molecule has 0 spiro atoms. The molecule has 4 nitrogen and oxygen atoms in total. The van der Waals surface area contributed by atoms with Gasteiger partial charge in [-0.25, -0.2) is 4.39 Å². The van der Waals surface area contributed by atoms with Crippen LogP contribution in [-0.4, -0.2) is 18.3 Å². The van der Waals surface area contributed by atoms with E-state index in [-0.39, 0.29) is 41.9 Å². The van der Waals surface area contributed by atoms with Crippen molar-refractivity contribution in [1.82, 2.24) is 0 Å². The Balaban J connectivity index is 1.45. The van der Waals surface area contributed by atoms with Gasteiger partial charge in [0.2, 0.25) is 0 Å². The van der Waals surface area contributed by atoms with Crippen LogP contribution in [0, 0.1) is 5.82 Å². The Morgan fingerprint density at radius 2 is 2.04 bits per heavy atom. The second-order valence-corrected chi connectivity index (χ2v) is 7.04. The number of ether oxygens (including phenoxy) is 1. The summed E-state index contributed by atoms with van der Waals surface area (Å²) in [7, 11) is 0. The summed E-state index contributed by atoms with van der Waals surface area (Å²) in [6.45, 7) is 1.59. The lowest BCUT2D eigenvalue weighted by atomic mass is 10.0. The largest absolute Gasteiger partial charge is 0.483 e. The zero-order valence-electron chi connectivity index (χ0n) is 14.6. The third-order valence-electron chi connectivity index (χ3n) is 5.16. The molecule has 0 saturated carbocycles. The molecule has 4 rings (SSSR count).